The lowest BCUT2D eigenvalue weighted by Crippen LogP contribution is -2.23. The van der Waals surface area contributed by atoms with Crippen LogP contribution in [0.1, 0.15) is 37.8 Å². The van der Waals surface area contributed by atoms with Crippen LogP contribution < -0.4 is 4.90 Å². The van der Waals surface area contributed by atoms with E-state index in [2.05, 4.69) is 207 Å². The van der Waals surface area contributed by atoms with Crippen molar-refractivity contribution in [3.05, 3.63) is 199 Å². The molecule has 0 amide bonds. The first-order chi connectivity index (χ1) is 25.7. The summed E-state index contributed by atoms with van der Waals surface area (Å²) >= 11 is 0. The molecule has 52 heavy (non-hydrogen) atoms. The van der Waals surface area contributed by atoms with Crippen LogP contribution >= 0.6 is 0 Å². The van der Waals surface area contributed by atoms with Gasteiger partial charge in [0.25, 0.3) is 0 Å². The number of fused-ring (bicyclic) bond motifs is 4. The first-order valence-corrected chi connectivity index (χ1v) is 18.6. The van der Waals surface area contributed by atoms with Gasteiger partial charge in [0, 0.05) is 22.5 Å². The molecule has 0 N–H and O–H groups in total. The topological polar surface area (TPSA) is 3.24 Å². The Morgan fingerprint density at radius 3 is 1.38 bits per heavy atom. The SMILES string of the molecule is CCC1(CC)c2cc(N(c3ccc(-c4ccccc4)cc3)c3ccc(-c4ccccc4-c4ccccc4)cc3)ccc2-c2cc3ccccc3cc21. The third-order valence-electron chi connectivity index (χ3n) is 11.4. The lowest BCUT2D eigenvalue weighted by atomic mass is 9.73. The summed E-state index contributed by atoms with van der Waals surface area (Å²) in [5.41, 5.74) is 16.4. The van der Waals surface area contributed by atoms with Crippen LogP contribution in [0.3, 0.4) is 0 Å². The summed E-state index contributed by atoms with van der Waals surface area (Å²) in [4.78, 5) is 2.43. The van der Waals surface area contributed by atoms with Gasteiger partial charge in [0.05, 0.1) is 0 Å². The Morgan fingerprint density at radius 1 is 0.346 bits per heavy atom. The van der Waals surface area contributed by atoms with E-state index in [1.165, 1.54) is 72.1 Å². The van der Waals surface area contributed by atoms with E-state index in [1.807, 2.05) is 0 Å². The van der Waals surface area contributed by atoms with Gasteiger partial charge in [-0.1, -0.05) is 153 Å². The van der Waals surface area contributed by atoms with Crippen molar-refractivity contribution in [1.82, 2.24) is 0 Å². The van der Waals surface area contributed by atoms with E-state index < -0.39 is 0 Å². The first kappa shape index (κ1) is 31.8. The Labute approximate surface area is 307 Å². The zero-order chi connectivity index (χ0) is 35.1. The van der Waals surface area contributed by atoms with Crippen molar-refractivity contribution in [1.29, 1.82) is 0 Å². The predicted molar refractivity (Wildman–Crippen MR) is 222 cm³/mol. The van der Waals surface area contributed by atoms with Gasteiger partial charge in [0.2, 0.25) is 0 Å². The highest BCUT2D eigenvalue weighted by atomic mass is 15.1. The van der Waals surface area contributed by atoms with Crippen molar-refractivity contribution in [2.45, 2.75) is 32.1 Å². The molecule has 0 radical (unpaired) electrons. The van der Waals surface area contributed by atoms with Gasteiger partial charge in [-0.3, -0.25) is 0 Å². The number of hydrogen-bond donors (Lipinski definition) is 0. The summed E-state index contributed by atoms with van der Waals surface area (Å²) in [5, 5.41) is 2.61. The molecule has 0 heterocycles. The Bertz CT molecular complexity index is 2510. The summed E-state index contributed by atoms with van der Waals surface area (Å²) in [6.07, 6.45) is 2.10. The van der Waals surface area contributed by atoms with Gasteiger partial charge in [0.15, 0.2) is 0 Å². The number of hydrogen-bond acceptors (Lipinski definition) is 1. The molecule has 0 spiro atoms. The third-order valence-corrected chi connectivity index (χ3v) is 11.4. The molecule has 0 saturated carbocycles. The Hall–Kier alpha value is -6.18. The van der Waals surface area contributed by atoms with Crippen LogP contribution in [0.2, 0.25) is 0 Å². The van der Waals surface area contributed by atoms with Crippen molar-refractivity contribution < 1.29 is 0 Å². The van der Waals surface area contributed by atoms with Crippen molar-refractivity contribution in [2.24, 2.45) is 0 Å². The minimum atomic E-state index is -0.0431. The summed E-state index contributed by atoms with van der Waals surface area (Å²) in [7, 11) is 0. The van der Waals surface area contributed by atoms with E-state index in [9.17, 15) is 0 Å². The standard InChI is InChI=1S/C51H41N/c1-3-51(4-2)49-34-41-20-12-11-19-40(41)33-48(49)47-32-31-44(35-50(47)51)52(42-27-23-37(24-28-42)36-15-7-5-8-16-36)43-29-25-39(26-30-43)46-22-14-13-21-45(46)38-17-9-6-10-18-38/h5-35H,3-4H2,1-2H3. The average Bonchev–Trinajstić information content (AvgIpc) is 3.49. The maximum absolute atomic E-state index is 2.48. The molecule has 0 unspecified atom stereocenters. The normalized spacial score (nSPS) is 12.7. The first-order valence-electron chi connectivity index (χ1n) is 18.6. The molecule has 0 atom stereocenters. The number of nitrogens with zero attached hydrogens (tertiary/aromatic N) is 1. The maximum atomic E-state index is 2.48. The average molecular weight is 668 g/mol. The number of benzene rings is 8. The monoisotopic (exact) mass is 667 g/mol. The van der Waals surface area contributed by atoms with Gasteiger partial charge in [-0.15, -0.1) is 0 Å². The molecular weight excluding hydrogens is 627 g/mol. The van der Waals surface area contributed by atoms with E-state index in [-0.39, 0.29) is 5.41 Å². The highest BCUT2D eigenvalue weighted by Gasteiger charge is 2.41. The fourth-order valence-electron chi connectivity index (χ4n) is 8.59. The second kappa shape index (κ2) is 13.2. The molecule has 1 nitrogen and oxygen atoms in total. The Balaban J connectivity index is 1.18. The molecule has 0 aliphatic heterocycles. The van der Waals surface area contributed by atoms with Crippen molar-refractivity contribution >= 4 is 27.8 Å². The van der Waals surface area contributed by atoms with Crippen LogP contribution in [0.15, 0.2) is 188 Å². The lowest BCUT2D eigenvalue weighted by Gasteiger charge is -2.32. The summed E-state index contributed by atoms with van der Waals surface area (Å²) < 4.78 is 0. The fraction of sp³-hybridized carbons (Fsp3) is 0.0980. The summed E-state index contributed by atoms with van der Waals surface area (Å²) in [5.74, 6) is 0. The number of rotatable bonds is 8. The molecule has 0 aromatic heterocycles. The van der Waals surface area contributed by atoms with E-state index in [0.717, 1.165) is 24.2 Å². The zero-order valence-corrected chi connectivity index (χ0v) is 29.8. The Kier molecular flexibility index (Phi) is 8.05. The highest BCUT2D eigenvalue weighted by Crippen LogP contribution is 2.55. The highest BCUT2D eigenvalue weighted by molar-refractivity contribution is 5.95. The van der Waals surface area contributed by atoms with E-state index in [1.54, 1.807) is 0 Å². The molecule has 8 aromatic rings. The fourth-order valence-corrected chi connectivity index (χ4v) is 8.59. The minimum absolute atomic E-state index is 0.0431. The predicted octanol–water partition coefficient (Wildman–Crippen LogP) is 14.4. The quantitative estimate of drug-likeness (QED) is 0.156. The molecular formula is C51H41N. The molecule has 1 aliphatic rings. The van der Waals surface area contributed by atoms with Gasteiger partial charge < -0.3 is 4.90 Å². The van der Waals surface area contributed by atoms with Crippen LogP contribution in [0, 0.1) is 0 Å². The van der Waals surface area contributed by atoms with Gasteiger partial charge in [-0.2, -0.15) is 0 Å². The smallest absolute Gasteiger partial charge is 0.0465 e. The summed E-state index contributed by atoms with van der Waals surface area (Å²) in [6, 6.07) is 69.0. The lowest BCUT2D eigenvalue weighted by molar-refractivity contribution is 0.491. The van der Waals surface area contributed by atoms with Gasteiger partial charge in [0.1, 0.15) is 0 Å². The summed E-state index contributed by atoms with van der Waals surface area (Å²) in [6.45, 7) is 4.71. The van der Waals surface area contributed by atoms with Gasteiger partial charge >= 0.3 is 0 Å². The van der Waals surface area contributed by atoms with Crippen LogP contribution in [-0.4, -0.2) is 0 Å². The van der Waals surface area contributed by atoms with Crippen molar-refractivity contribution in [3.63, 3.8) is 0 Å². The van der Waals surface area contributed by atoms with Crippen molar-refractivity contribution in [2.75, 3.05) is 4.90 Å². The van der Waals surface area contributed by atoms with Crippen LogP contribution in [-0.2, 0) is 5.41 Å². The maximum Gasteiger partial charge on any atom is 0.0465 e. The second-order valence-electron chi connectivity index (χ2n) is 14.0. The van der Waals surface area contributed by atoms with Crippen molar-refractivity contribution in [3.8, 4) is 44.5 Å². The molecule has 250 valence electrons. The molecule has 1 aliphatic carbocycles. The van der Waals surface area contributed by atoms with Gasteiger partial charge in [-0.05, 0) is 128 Å². The molecule has 0 saturated heterocycles. The number of anilines is 3. The van der Waals surface area contributed by atoms with Crippen LogP contribution in [0.25, 0.3) is 55.3 Å². The molecule has 0 bridgehead atoms. The minimum Gasteiger partial charge on any atom is -0.310 e. The largest absolute Gasteiger partial charge is 0.310 e. The van der Waals surface area contributed by atoms with E-state index in [4.69, 9.17) is 0 Å². The Morgan fingerprint density at radius 2 is 0.788 bits per heavy atom. The molecule has 9 rings (SSSR count). The van der Waals surface area contributed by atoms with E-state index in [0.29, 0.717) is 0 Å². The molecule has 1 heteroatoms. The molecule has 0 fully saturated rings. The third kappa shape index (κ3) is 5.33. The zero-order valence-electron chi connectivity index (χ0n) is 29.8. The second-order valence-corrected chi connectivity index (χ2v) is 14.0. The molecule has 8 aromatic carbocycles. The van der Waals surface area contributed by atoms with Crippen LogP contribution in [0.5, 0.6) is 0 Å². The van der Waals surface area contributed by atoms with Gasteiger partial charge in [-0.25, -0.2) is 0 Å². The van der Waals surface area contributed by atoms with E-state index >= 15 is 0 Å². The van der Waals surface area contributed by atoms with Crippen LogP contribution in [0.4, 0.5) is 17.1 Å².